The molecule has 0 aliphatic heterocycles. The molecule has 2 atom stereocenters. The van der Waals surface area contributed by atoms with Crippen molar-refractivity contribution >= 4 is 11.8 Å². The number of carbonyl (C=O) groups excluding carboxylic acids is 2. The van der Waals surface area contributed by atoms with Gasteiger partial charge in [-0.1, -0.05) is 84.0 Å². The molecule has 154 valence electrons. The van der Waals surface area contributed by atoms with Crippen molar-refractivity contribution in [3.63, 3.8) is 0 Å². The molecule has 29 heavy (non-hydrogen) atoms. The van der Waals surface area contributed by atoms with E-state index in [1.807, 2.05) is 13.0 Å². The van der Waals surface area contributed by atoms with Gasteiger partial charge in [0.15, 0.2) is 0 Å². The Hall–Kier alpha value is -2.42. The van der Waals surface area contributed by atoms with Gasteiger partial charge >= 0.3 is 5.97 Å². The Morgan fingerprint density at radius 1 is 0.897 bits per heavy atom. The van der Waals surface area contributed by atoms with Crippen LogP contribution in [0.1, 0.15) is 74.2 Å². The van der Waals surface area contributed by atoms with E-state index in [2.05, 4.69) is 53.7 Å². The van der Waals surface area contributed by atoms with Gasteiger partial charge in [0.2, 0.25) is 0 Å². The molecule has 0 saturated heterocycles. The largest absolute Gasteiger partial charge is 0.455 e. The van der Waals surface area contributed by atoms with Gasteiger partial charge in [0.1, 0.15) is 6.61 Å². The minimum absolute atomic E-state index is 0.0244. The van der Waals surface area contributed by atoms with Crippen molar-refractivity contribution in [2.75, 3.05) is 0 Å². The number of hydrogen-bond acceptors (Lipinski definition) is 3. The van der Waals surface area contributed by atoms with Gasteiger partial charge < -0.3 is 4.74 Å². The highest BCUT2D eigenvalue weighted by molar-refractivity contribution is 6.40. The number of hydrogen-bond donors (Lipinski definition) is 0. The van der Waals surface area contributed by atoms with E-state index in [1.165, 1.54) is 11.1 Å². The number of rotatable bonds is 4. The standard InChI is InChI=1S/C26H32O3/c1-16-13-21-22(26(6,7)18(3)17(2)25(21,4)5)14-20(16)15-29-24(28)23(27)19-11-9-8-10-12-19/h8-14,17-18H,15H2,1-7H3/t17-,18-/m0/s1. The quantitative estimate of drug-likeness (QED) is 0.377. The molecule has 0 spiro atoms. The van der Waals surface area contributed by atoms with Crippen molar-refractivity contribution in [3.05, 3.63) is 70.3 Å². The van der Waals surface area contributed by atoms with Crippen LogP contribution in [0.4, 0.5) is 0 Å². The molecule has 0 radical (unpaired) electrons. The van der Waals surface area contributed by atoms with Crippen LogP contribution in [-0.4, -0.2) is 11.8 Å². The first-order valence-electron chi connectivity index (χ1n) is 10.4. The van der Waals surface area contributed by atoms with Crippen LogP contribution in [0.3, 0.4) is 0 Å². The molecule has 0 heterocycles. The van der Waals surface area contributed by atoms with Gasteiger partial charge in [-0.15, -0.1) is 0 Å². The summed E-state index contributed by atoms with van der Waals surface area (Å²) in [5.41, 5.74) is 5.20. The number of ether oxygens (including phenoxy) is 1. The molecule has 1 aliphatic carbocycles. The van der Waals surface area contributed by atoms with E-state index < -0.39 is 11.8 Å². The molecule has 0 bridgehead atoms. The van der Waals surface area contributed by atoms with E-state index in [4.69, 9.17) is 4.74 Å². The molecule has 0 amide bonds. The average molecular weight is 393 g/mol. The lowest BCUT2D eigenvalue weighted by Gasteiger charge is -2.51. The second-order valence-corrected chi connectivity index (χ2v) is 9.62. The predicted molar refractivity (Wildman–Crippen MR) is 116 cm³/mol. The first kappa shape index (κ1) is 21.3. The lowest BCUT2D eigenvalue weighted by atomic mass is 9.53. The van der Waals surface area contributed by atoms with Crippen molar-refractivity contribution in [1.29, 1.82) is 0 Å². The number of fused-ring (bicyclic) bond motifs is 1. The van der Waals surface area contributed by atoms with Crippen LogP contribution in [0.25, 0.3) is 0 Å². The first-order chi connectivity index (χ1) is 13.5. The van der Waals surface area contributed by atoms with Crippen molar-refractivity contribution in [1.82, 2.24) is 0 Å². The van der Waals surface area contributed by atoms with Crippen LogP contribution in [0.2, 0.25) is 0 Å². The molecule has 0 aromatic heterocycles. The third kappa shape index (κ3) is 3.63. The Kier molecular flexibility index (Phi) is 5.46. The van der Waals surface area contributed by atoms with Crippen molar-refractivity contribution in [2.45, 2.75) is 65.9 Å². The maximum absolute atomic E-state index is 12.3. The van der Waals surface area contributed by atoms with E-state index in [1.54, 1.807) is 24.3 Å². The monoisotopic (exact) mass is 392 g/mol. The number of esters is 1. The number of aryl methyl sites for hydroxylation is 1. The highest BCUT2D eigenvalue weighted by Crippen LogP contribution is 2.52. The first-order valence-corrected chi connectivity index (χ1v) is 10.4. The summed E-state index contributed by atoms with van der Waals surface area (Å²) in [6.45, 7) is 16.1. The fourth-order valence-corrected chi connectivity index (χ4v) is 4.63. The maximum atomic E-state index is 12.3. The van der Waals surface area contributed by atoms with E-state index in [0.29, 0.717) is 17.4 Å². The smallest absolute Gasteiger partial charge is 0.380 e. The average Bonchev–Trinajstić information content (AvgIpc) is 2.70. The van der Waals surface area contributed by atoms with Crippen molar-refractivity contribution in [3.8, 4) is 0 Å². The molecule has 3 heteroatoms. The normalized spacial score (nSPS) is 21.9. The molecular formula is C26H32O3. The summed E-state index contributed by atoms with van der Waals surface area (Å²) in [5, 5.41) is 0. The Morgan fingerprint density at radius 2 is 1.41 bits per heavy atom. The Bertz CT molecular complexity index is 938. The zero-order chi connectivity index (χ0) is 21.6. The van der Waals surface area contributed by atoms with Gasteiger partial charge in [0.05, 0.1) is 0 Å². The van der Waals surface area contributed by atoms with Crippen molar-refractivity contribution < 1.29 is 14.3 Å². The molecule has 0 fully saturated rings. The molecule has 3 nitrogen and oxygen atoms in total. The fraction of sp³-hybridized carbons (Fsp3) is 0.462. The van der Waals surface area contributed by atoms with Crippen LogP contribution >= 0.6 is 0 Å². The van der Waals surface area contributed by atoms with Crippen LogP contribution < -0.4 is 0 Å². The minimum Gasteiger partial charge on any atom is -0.455 e. The summed E-state index contributed by atoms with van der Waals surface area (Å²) >= 11 is 0. The van der Waals surface area contributed by atoms with Crippen LogP contribution in [0, 0.1) is 18.8 Å². The Morgan fingerprint density at radius 3 is 1.97 bits per heavy atom. The van der Waals surface area contributed by atoms with Crippen LogP contribution in [-0.2, 0) is 27.0 Å². The number of carbonyl (C=O) groups is 2. The molecule has 3 rings (SSSR count). The summed E-state index contributed by atoms with van der Waals surface area (Å²) in [5.74, 6) is -0.348. The second-order valence-electron chi connectivity index (χ2n) is 9.62. The van der Waals surface area contributed by atoms with Gasteiger partial charge in [-0.25, -0.2) is 4.79 Å². The molecule has 1 aliphatic rings. The third-order valence-electron chi connectivity index (χ3n) is 7.47. The summed E-state index contributed by atoms with van der Waals surface area (Å²) < 4.78 is 5.40. The van der Waals surface area contributed by atoms with Gasteiger partial charge in [0, 0.05) is 5.56 Å². The zero-order valence-corrected chi connectivity index (χ0v) is 18.6. The summed E-state index contributed by atoms with van der Waals surface area (Å²) in [6.07, 6.45) is 0. The Labute approximate surface area is 174 Å². The summed E-state index contributed by atoms with van der Waals surface area (Å²) in [4.78, 5) is 24.5. The summed E-state index contributed by atoms with van der Waals surface area (Å²) in [7, 11) is 0. The highest BCUT2D eigenvalue weighted by atomic mass is 16.5. The lowest BCUT2D eigenvalue weighted by Crippen LogP contribution is -2.46. The zero-order valence-electron chi connectivity index (χ0n) is 18.6. The minimum atomic E-state index is -0.810. The number of Topliss-reactive ketones (excluding diaryl/α,β-unsaturated/α-hetero) is 1. The molecule has 0 saturated carbocycles. The van der Waals surface area contributed by atoms with Crippen LogP contribution in [0.5, 0.6) is 0 Å². The van der Waals surface area contributed by atoms with E-state index in [0.717, 1.165) is 11.1 Å². The van der Waals surface area contributed by atoms with Crippen LogP contribution in [0.15, 0.2) is 42.5 Å². The summed E-state index contributed by atoms with van der Waals surface area (Å²) in [6, 6.07) is 13.0. The fourth-order valence-electron chi connectivity index (χ4n) is 4.63. The SMILES string of the molecule is Cc1cc2c(cc1COC(=O)C(=O)c1ccccc1)C(C)(C)[C@@H](C)[C@H](C)C2(C)C. The van der Waals surface area contributed by atoms with Gasteiger partial charge in [-0.2, -0.15) is 0 Å². The maximum Gasteiger partial charge on any atom is 0.380 e. The molecule has 2 aromatic rings. The van der Waals surface area contributed by atoms with Crippen molar-refractivity contribution in [2.24, 2.45) is 11.8 Å². The van der Waals surface area contributed by atoms with E-state index in [9.17, 15) is 9.59 Å². The van der Waals surface area contributed by atoms with E-state index >= 15 is 0 Å². The van der Waals surface area contributed by atoms with E-state index in [-0.39, 0.29) is 17.4 Å². The predicted octanol–water partition coefficient (Wildman–Crippen LogP) is 5.76. The Balaban J connectivity index is 1.88. The number of ketones is 1. The molecular weight excluding hydrogens is 360 g/mol. The van der Waals surface area contributed by atoms with Gasteiger partial charge in [-0.05, 0) is 51.8 Å². The van der Waals surface area contributed by atoms with Gasteiger partial charge in [0.25, 0.3) is 5.78 Å². The van der Waals surface area contributed by atoms with Gasteiger partial charge in [-0.3, -0.25) is 4.79 Å². The second kappa shape index (κ2) is 7.44. The molecule has 0 unspecified atom stereocenters. The molecule has 2 aromatic carbocycles. The number of benzene rings is 2. The lowest BCUT2D eigenvalue weighted by molar-refractivity contribution is -0.139. The molecule has 0 N–H and O–H groups in total. The highest BCUT2D eigenvalue weighted by Gasteiger charge is 2.47. The topological polar surface area (TPSA) is 43.4 Å². The third-order valence-corrected chi connectivity index (χ3v) is 7.47.